The summed E-state index contributed by atoms with van der Waals surface area (Å²) in [6.45, 7) is 0.256. The summed E-state index contributed by atoms with van der Waals surface area (Å²) in [4.78, 5) is 24.5. The van der Waals surface area contributed by atoms with Crippen molar-refractivity contribution in [1.29, 1.82) is 0 Å². The van der Waals surface area contributed by atoms with E-state index < -0.39 is 23.6 Å². The van der Waals surface area contributed by atoms with Crippen LogP contribution in [-0.4, -0.2) is 32.0 Å². The van der Waals surface area contributed by atoms with Crippen LogP contribution in [0.3, 0.4) is 0 Å². The number of carbonyl (C=O) groups is 2. The molecule has 0 radical (unpaired) electrons. The molecule has 0 spiro atoms. The van der Waals surface area contributed by atoms with Crippen LogP contribution in [-0.2, 0) is 19.3 Å². The molecule has 0 atom stereocenters. The summed E-state index contributed by atoms with van der Waals surface area (Å²) < 4.78 is 40.4. The lowest BCUT2D eigenvalue weighted by Crippen LogP contribution is -2.24. The molecule has 0 fully saturated rings. The Hall–Kier alpha value is -4.99. The number of nitrogens with one attached hydrogen (secondary N) is 1. The summed E-state index contributed by atoms with van der Waals surface area (Å²) in [5.41, 5.74) is 3.47. The van der Waals surface area contributed by atoms with Crippen molar-refractivity contribution in [1.82, 2.24) is 20.3 Å². The molecule has 0 aliphatic heterocycles. The van der Waals surface area contributed by atoms with Crippen molar-refractivity contribution in [2.75, 3.05) is 0 Å². The number of carboxylic acid groups (broad SMARTS) is 1. The fraction of sp³-hybridized carbons (Fsp3) is 0.103. The predicted molar refractivity (Wildman–Crippen MR) is 138 cm³/mol. The lowest BCUT2D eigenvalue weighted by atomic mass is 10.0. The van der Waals surface area contributed by atoms with E-state index in [1.807, 2.05) is 36.4 Å². The molecule has 39 heavy (non-hydrogen) atoms. The van der Waals surface area contributed by atoms with Crippen molar-refractivity contribution >= 4 is 22.9 Å². The van der Waals surface area contributed by atoms with E-state index in [1.54, 1.807) is 18.2 Å². The minimum absolute atomic E-state index is 0.107. The maximum absolute atomic E-state index is 13.4. The van der Waals surface area contributed by atoms with Gasteiger partial charge in [-0.25, -0.2) is 9.48 Å². The Morgan fingerprint density at radius 2 is 1.51 bits per heavy atom. The third kappa shape index (κ3) is 5.64. The first-order valence-electron chi connectivity index (χ1n) is 11.9. The molecule has 1 heterocycles. The van der Waals surface area contributed by atoms with Gasteiger partial charge in [-0.15, -0.1) is 5.10 Å². The van der Waals surface area contributed by atoms with Gasteiger partial charge in [-0.1, -0.05) is 59.8 Å². The predicted octanol–water partition coefficient (Wildman–Crippen LogP) is 5.79. The van der Waals surface area contributed by atoms with Crippen molar-refractivity contribution in [2.24, 2.45) is 0 Å². The number of halogens is 3. The van der Waals surface area contributed by atoms with Crippen molar-refractivity contribution in [3.05, 3.63) is 119 Å². The van der Waals surface area contributed by atoms with Gasteiger partial charge in [0.2, 0.25) is 0 Å². The second-order valence-electron chi connectivity index (χ2n) is 8.88. The van der Waals surface area contributed by atoms with E-state index in [0.29, 0.717) is 27.7 Å². The molecule has 10 heteroatoms. The molecule has 5 aromatic rings. The van der Waals surface area contributed by atoms with Crippen molar-refractivity contribution < 1.29 is 27.9 Å². The molecule has 1 aromatic heterocycles. The van der Waals surface area contributed by atoms with Gasteiger partial charge in [-0.3, -0.25) is 4.79 Å². The largest absolute Gasteiger partial charge is 0.478 e. The number of alkyl halides is 3. The molecular formula is C29H21F3N4O3. The number of hydrogen-bond donors (Lipinski definition) is 2. The summed E-state index contributed by atoms with van der Waals surface area (Å²) in [5, 5.41) is 20.4. The van der Waals surface area contributed by atoms with Crippen LogP contribution in [0.2, 0.25) is 0 Å². The number of fused-ring (bicyclic) bond motifs is 1. The quantitative estimate of drug-likeness (QED) is 0.278. The van der Waals surface area contributed by atoms with Gasteiger partial charge < -0.3 is 10.4 Å². The summed E-state index contributed by atoms with van der Waals surface area (Å²) in [7, 11) is 0. The summed E-state index contributed by atoms with van der Waals surface area (Å²) in [5.74, 6) is -1.45. The number of rotatable bonds is 7. The second kappa shape index (κ2) is 10.4. The fourth-order valence-electron chi connectivity index (χ4n) is 4.21. The summed E-state index contributed by atoms with van der Waals surface area (Å²) >= 11 is 0. The van der Waals surface area contributed by atoms with Crippen LogP contribution in [0.1, 0.15) is 37.4 Å². The molecule has 0 aliphatic rings. The highest BCUT2D eigenvalue weighted by molar-refractivity contribution is 6.06. The molecule has 4 aromatic carbocycles. The highest BCUT2D eigenvalue weighted by Gasteiger charge is 2.30. The SMILES string of the molecule is O=C(O)c1ccc(CNC(=O)c2cc(-c3ccccc3)cc3nnn(Cc4ccc(C(F)(F)F)cc4)c23)cc1. The van der Waals surface area contributed by atoms with Crippen LogP contribution in [0.5, 0.6) is 0 Å². The van der Waals surface area contributed by atoms with Crippen LogP contribution in [0, 0.1) is 0 Å². The Bertz CT molecular complexity index is 1650. The number of hydrogen-bond acceptors (Lipinski definition) is 4. The Labute approximate surface area is 220 Å². The summed E-state index contributed by atoms with van der Waals surface area (Å²) in [6, 6.07) is 23.9. The van der Waals surface area contributed by atoms with Gasteiger partial charge in [-0.2, -0.15) is 13.2 Å². The fourth-order valence-corrected chi connectivity index (χ4v) is 4.21. The van der Waals surface area contributed by atoms with Crippen LogP contribution in [0.15, 0.2) is 91.0 Å². The van der Waals surface area contributed by atoms with Crippen molar-refractivity contribution in [3.63, 3.8) is 0 Å². The first kappa shape index (κ1) is 25.7. The van der Waals surface area contributed by atoms with E-state index in [0.717, 1.165) is 23.3 Å². The number of aromatic carboxylic acids is 1. The molecule has 0 aliphatic carbocycles. The number of benzene rings is 4. The summed E-state index contributed by atoms with van der Waals surface area (Å²) in [6.07, 6.45) is -4.44. The zero-order valence-electron chi connectivity index (χ0n) is 20.3. The van der Waals surface area contributed by atoms with E-state index in [-0.39, 0.29) is 18.7 Å². The number of aromatic nitrogens is 3. The molecule has 0 saturated heterocycles. The first-order valence-corrected chi connectivity index (χ1v) is 11.9. The van der Waals surface area contributed by atoms with Gasteiger partial charge in [0, 0.05) is 6.54 Å². The molecule has 5 rings (SSSR count). The van der Waals surface area contributed by atoms with Gasteiger partial charge in [0.1, 0.15) is 11.0 Å². The Morgan fingerprint density at radius 3 is 2.15 bits per heavy atom. The third-order valence-electron chi connectivity index (χ3n) is 6.23. The van der Waals surface area contributed by atoms with Gasteiger partial charge >= 0.3 is 12.1 Å². The van der Waals surface area contributed by atoms with Gasteiger partial charge in [0.25, 0.3) is 5.91 Å². The molecule has 7 nitrogen and oxygen atoms in total. The van der Waals surface area contributed by atoms with Crippen molar-refractivity contribution in [3.8, 4) is 11.1 Å². The second-order valence-corrected chi connectivity index (χ2v) is 8.88. The Kier molecular flexibility index (Phi) is 6.84. The normalized spacial score (nSPS) is 11.5. The number of nitrogens with zero attached hydrogens (tertiary/aromatic N) is 3. The third-order valence-corrected chi connectivity index (χ3v) is 6.23. The monoisotopic (exact) mass is 530 g/mol. The van der Waals surface area contributed by atoms with Crippen molar-refractivity contribution in [2.45, 2.75) is 19.3 Å². The minimum atomic E-state index is -4.44. The van der Waals surface area contributed by atoms with Crippen LogP contribution in [0.4, 0.5) is 13.2 Å². The number of carbonyl (C=O) groups excluding carboxylic acids is 1. The van der Waals surface area contributed by atoms with Crippen LogP contribution >= 0.6 is 0 Å². The van der Waals surface area contributed by atoms with Crippen LogP contribution < -0.4 is 5.32 Å². The first-order chi connectivity index (χ1) is 18.7. The van der Waals surface area contributed by atoms with E-state index in [4.69, 9.17) is 5.11 Å². The van der Waals surface area contributed by atoms with E-state index in [2.05, 4.69) is 15.6 Å². The molecule has 0 saturated carbocycles. The minimum Gasteiger partial charge on any atom is -0.478 e. The zero-order valence-corrected chi connectivity index (χ0v) is 20.3. The molecule has 1 amide bonds. The lowest BCUT2D eigenvalue weighted by molar-refractivity contribution is -0.137. The average molecular weight is 531 g/mol. The maximum atomic E-state index is 13.4. The zero-order chi connectivity index (χ0) is 27.6. The molecule has 0 bridgehead atoms. The highest BCUT2D eigenvalue weighted by Crippen LogP contribution is 2.30. The smallest absolute Gasteiger partial charge is 0.416 e. The molecule has 2 N–H and O–H groups in total. The standard InChI is InChI=1S/C29H21F3N4O3/c30-29(31,32)23-12-8-19(9-13-23)17-36-26-24(27(37)33-16-18-6-10-21(11-7-18)28(38)39)14-22(15-25(26)34-35-36)20-4-2-1-3-5-20/h1-15H,16-17H2,(H,33,37)(H,38,39). The molecular weight excluding hydrogens is 509 g/mol. The lowest BCUT2D eigenvalue weighted by Gasteiger charge is -2.12. The number of amides is 1. The molecule has 0 unspecified atom stereocenters. The van der Waals surface area contributed by atoms with Gasteiger partial charge in [0.05, 0.1) is 23.2 Å². The maximum Gasteiger partial charge on any atom is 0.416 e. The Balaban J connectivity index is 1.49. The Morgan fingerprint density at radius 1 is 0.846 bits per heavy atom. The van der Waals surface area contributed by atoms with Gasteiger partial charge in [0.15, 0.2) is 0 Å². The van der Waals surface area contributed by atoms with E-state index in [1.165, 1.54) is 28.9 Å². The van der Waals surface area contributed by atoms with Crippen LogP contribution in [0.25, 0.3) is 22.2 Å². The van der Waals surface area contributed by atoms with E-state index in [9.17, 15) is 22.8 Å². The topological polar surface area (TPSA) is 97.1 Å². The molecule has 196 valence electrons. The average Bonchev–Trinajstić information content (AvgIpc) is 3.34. The van der Waals surface area contributed by atoms with E-state index >= 15 is 0 Å². The highest BCUT2D eigenvalue weighted by atomic mass is 19.4. The number of carboxylic acids is 1. The van der Waals surface area contributed by atoms with Gasteiger partial charge in [-0.05, 0) is 58.7 Å².